The Morgan fingerprint density at radius 1 is 1.29 bits per heavy atom. The van der Waals surface area contributed by atoms with Crippen LogP contribution >= 0.6 is 0 Å². The highest BCUT2D eigenvalue weighted by molar-refractivity contribution is 5.05. The van der Waals surface area contributed by atoms with E-state index in [0.29, 0.717) is 18.4 Å². The summed E-state index contributed by atoms with van der Waals surface area (Å²) < 4.78 is 10.6. The van der Waals surface area contributed by atoms with E-state index in [1.165, 1.54) is 12.8 Å². The maximum atomic E-state index is 5.86. The number of ether oxygens (including phenoxy) is 1. The number of aromatic nitrogens is 2. The molecule has 2 atom stereocenters. The average Bonchev–Trinajstić information content (AvgIpc) is 2.75. The van der Waals surface area contributed by atoms with Gasteiger partial charge in [0.1, 0.15) is 0 Å². The first-order valence-corrected chi connectivity index (χ1v) is 5.05. The van der Waals surface area contributed by atoms with Gasteiger partial charge in [-0.1, -0.05) is 5.16 Å². The molecule has 2 aliphatic rings. The van der Waals surface area contributed by atoms with Crippen LogP contribution in [0.1, 0.15) is 43.0 Å². The molecule has 1 aromatic heterocycles. The van der Waals surface area contributed by atoms with Gasteiger partial charge in [-0.2, -0.15) is 4.98 Å². The quantitative estimate of drug-likeness (QED) is 0.753. The second kappa shape index (κ2) is 3.03. The molecule has 1 aromatic rings. The molecule has 0 amide bonds. The topological polar surface area (TPSA) is 74.2 Å². The van der Waals surface area contributed by atoms with Gasteiger partial charge in [0, 0.05) is 18.6 Å². The highest BCUT2D eigenvalue weighted by atomic mass is 16.5. The van der Waals surface area contributed by atoms with E-state index in [1.54, 1.807) is 0 Å². The summed E-state index contributed by atoms with van der Waals surface area (Å²) in [6.07, 6.45) is 3.04. The minimum absolute atomic E-state index is 0.00232. The van der Waals surface area contributed by atoms with Crippen LogP contribution in [0.2, 0.25) is 0 Å². The minimum Gasteiger partial charge on any atom is -0.367 e. The summed E-state index contributed by atoms with van der Waals surface area (Å²) in [4.78, 5) is 4.32. The van der Waals surface area contributed by atoms with Crippen molar-refractivity contribution < 1.29 is 9.26 Å². The Kier molecular flexibility index (Phi) is 1.81. The minimum atomic E-state index is -0.185. The molecule has 2 heterocycles. The van der Waals surface area contributed by atoms with Gasteiger partial charge in [0.05, 0.1) is 0 Å². The van der Waals surface area contributed by atoms with E-state index in [-0.39, 0.29) is 12.1 Å². The Labute approximate surface area is 81.6 Å². The van der Waals surface area contributed by atoms with Crippen molar-refractivity contribution in [3.8, 4) is 0 Å². The lowest BCUT2D eigenvalue weighted by Crippen LogP contribution is -2.23. The second-order valence-corrected chi connectivity index (χ2v) is 4.01. The Bertz CT molecular complexity index is 335. The molecular formula is C9H13N3O2. The number of nitrogens with two attached hydrogens (primary N) is 1. The molecule has 1 saturated heterocycles. The van der Waals surface area contributed by atoms with Crippen molar-refractivity contribution in [2.75, 3.05) is 6.61 Å². The highest BCUT2D eigenvalue weighted by Crippen LogP contribution is 2.39. The van der Waals surface area contributed by atoms with E-state index in [2.05, 4.69) is 10.1 Å². The van der Waals surface area contributed by atoms with Crippen molar-refractivity contribution in [3.63, 3.8) is 0 Å². The Balaban J connectivity index is 1.81. The van der Waals surface area contributed by atoms with Crippen LogP contribution in [-0.2, 0) is 4.74 Å². The van der Waals surface area contributed by atoms with Crippen LogP contribution < -0.4 is 5.73 Å². The van der Waals surface area contributed by atoms with Crippen molar-refractivity contribution in [1.82, 2.24) is 10.1 Å². The number of rotatable bonds is 2. The maximum absolute atomic E-state index is 5.86. The van der Waals surface area contributed by atoms with Gasteiger partial charge in [-0.05, 0) is 19.3 Å². The SMILES string of the molecule is N[C@@H]1CCO[C@@H]1c1nc(C2CC2)no1. The molecule has 0 spiro atoms. The van der Waals surface area contributed by atoms with Gasteiger partial charge < -0.3 is 15.0 Å². The Morgan fingerprint density at radius 3 is 2.79 bits per heavy atom. The van der Waals surface area contributed by atoms with Crippen LogP contribution in [0.15, 0.2) is 4.52 Å². The van der Waals surface area contributed by atoms with E-state index >= 15 is 0 Å². The van der Waals surface area contributed by atoms with Gasteiger partial charge in [0.15, 0.2) is 11.9 Å². The molecule has 1 aliphatic heterocycles. The summed E-state index contributed by atoms with van der Waals surface area (Å²) in [7, 11) is 0. The molecule has 1 saturated carbocycles. The van der Waals surface area contributed by atoms with E-state index in [4.69, 9.17) is 15.0 Å². The van der Waals surface area contributed by atoms with E-state index in [1.807, 2.05) is 0 Å². The average molecular weight is 195 g/mol. The van der Waals surface area contributed by atoms with E-state index in [0.717, 1.165) is 12.2 Å². The van der Waals surface area contributed by atoms with Crippen molar-refractivity contribution in [2.24, 2.45) is 5.73 Å². The molecule has 1 aliphatic carbocycles. The lowest BCUT2D eigenvalue weighted by molar-refractivity contribution is 0.0767. The van der Waals surface area contributed by atoms with Gasteiger partial charge in [0.2, 0.25) is 0 Å². The molecule has 2 fully saturated rings. The number of hydrogen-bond donors (Lipinski definition) is 1. The summed E-state index contributed by atoms with van der Waals surface area (Å²) in [5, 5.41) is 3.94. The van der Waals surface area contributed by atoms with Gasteiger partial charge in [-0.3, -0.25) is 0 Å². The predicted molar refractivity (Wildman–Crippen MR) is 47.6 cm³/mol. The summed E-state index contributed by atoms with van der Waals surface area (Å²) >= 11 is 0. The fraction of sp³-hybridized carbons (Fsp3) is 0.778. The molecule has 5 heteroatoms. The zero-order valence-electron chi connectivity index (χ0n) is 7.85. The van der Waals surface area contributed by atoms with E-state index in [9.17, 15) is 0 Å². The zero-order chi connectivity index (χ0) is 9.54. The van der Waals surface area contributed by atoms with E-state index < -0.39 is 0 Å². The summed E-state index contributed by atoms with van der Waals surface area (Å²) in [5.41, 5.74) is 5.86. The number of nitrogens with zero attached hydrogens (tertiary/aromatic N) is 2. The van der Waals surface area contributed by atoms with Crippen LogP contribution in [0.25, 0.3) is 0 Å². The predicted octanol–water partition coefficient (Wildman–Crippen LogP) is 0.736. The number of hydrogen-bond acceptors (Lipinski definition) is 5. The molecule has 2 N–H and O–H groups in total. The molecule has 0 bridgehead atoms. The standard InChI is InChI=1S/C9H13N3O2/c10-6-3-4-13-7(6)9-11-8(12-14-9)5-1-2-5/h5-7H,1-4,10H2/t6-,7+/m1/s1. The first-order valence-electron chi connectivity index (χ1n) is 5.05. The van der Waals surface area contributed by atoms with Crippen molar-refractivity contribution >= 4 is 0 Å². The third-order valence-corrected chi connectivity index (χ3v) is 2.78. The van der Waals surface area contributed by atoms with Gasteiger partial charge in [-0.25, -0.2) is 0 Å². The monoisotopic (exact) mass is 195 g/mol. The Hall–Kier alpha value is -0.940. The fourth-order valence-corrected chi connectivity index (χ4v) is 1.73. The van der Waals surface area contributed by atoms with Crippen LogP contribution in [0.4, 0.5) is 0 Å². The highest BCUT2D eigenvalue weighted by Gasteiger charge is 2.34. The summed E-state index contributed by atoms with van der Waals surface area (Å²) in [5.74, 6) is 1.89. The fourth-order valence-electron chi connectivity index (χ4n) is 1.73. The van der Waals surface area contributed by atoms with Gasteiger partial charge in [-0.15, -0.1) is 0 Å². The molecule has 0 radical (unpaired) electrons. The molecular weight excluding hydrogens is 182 g/mol. The van der Waals surface area contributed by atoms with Gasteiger partial charge >= 0.3 is 0 Å². The van der Waals surface area contributed by atoms with Crippen LogP contribution in [0.3, 0.4) is 0 Å². The maximum Gasteiger partial charge on any atom is 0.257 e. The molecule has 5 nitrogen and oxygen atoms in total. The lowest BCUT2D eigenvalue weighted by atomic mass is 10.1. The molecule has 76 valence electrons. The Morgan fingerprint density at radius 2 is 2.14 bits per heavy atom. The largest absolute Gasteiger partial charge is 0.367 e. The second-order valence-electron chi connectivity index (χ2n) is 4.01. The zero-order valence-corrected chi connectivity index (χ0v) is 7.85. The first-order chi connectivity index (χ1) is 6.84. The van der Waals surface area contributed by atoms with Crippen LogP contribution in [0.5, 0.6) is 0 Å². The third kappa shape index (κ3) is 1.33. The molecule has 0 unspecified atom stereocenters. The molecule has 14 heavy (non-hydrogen) atoms. The lowest BCUT2D eigenvalue weighted by Gasteiger charge is -2.07. The van der Waals surface area contributed by atoms with Crippen molar-refractivity contribution in [1.29, 1.82) is 0 Å². The summed E-state index contributed by atoms with van der Waals surface area (Å²) in [6.45, 7) is 0.687. The molecule has 0 aromatic carbocycles. The van der Waals surface area contributed by atoms with Crippen LogP contribution in [-0.4, -0.2) is 22.8 Å². The van der Waals surface area contributed by atoms with Crippen LogP contribution in [0, 0.1) is 0 Å². The first kappa shape index (κ1) is 8.38. The van der Waals surface area contributed by atoms with Crippen molar-refractivity contribution in [2.45, 2.75) is 37.3 Å². The van der Waals surface area contributed by atoms with Gasteiger partial charge in [0.25, 0.3) is 5.89 Å². The third-order valence-electron chi connectivity index (χ3n) is 2.78. The van der Waals surface area contributed by atoms with Crippen molar-refractivity contribution in [3.05, 3.63) is 11.7 Å². The smallest absolute Gasteiger partial charge is 0.257 e. The summed E-state index contributed by atoms with van der Waals surface area (Å²) in [6, 6.07) is 0.00232. The normalized spacial score (nSPS) is 32.4. The molecule has 3 rings (SSSR count).